The minimum absolute atomic E-state index is 0.101. The lowest BCUT2D eigenvalue weighted by Crippen LogP contribution is -2.23. The van der Waals surface area contributed by atoms with Crippen molar-refractivity contribution in [3.05, 3.63) is 77.6 Å². The Hall–Kier alpha value is -4.24. The normalized spacial score (nSPS) is 13.3. The fourth-order valence-corrected chi connectivity index (χ4v) is 4.13. The molecule has 1 fully saturated rings. The van der Waals surface area contributed by atoms with E-state index < -0.39 is 5.91 Å². The number of nitrogens with one attached hydrogen (secondary N) is 2. The van der Waals surface area contributed by atoms with Gasteiger partial charge in [0.1, 0.15) is 12.4 Å². The van der Waals surface area contributed by atoms with Crippen molar-refractivity contribution in [2.45, 2.75) is 19.4 Å². The molecular formula is C25H21ClN6O3. The van der Waals surface area contributed by atoms with Gasteiger partial charge in [0.25, 0.3) is 5.91 Å². The van der Waals surface area contributed by atoms with Gasteiger partial charge >= 0.3 is 0 Å². The molecule has 5 rings (SSSR count). The third-order valence-corrected chi connectivity index (χ3v) is 5.90. The summed E-state index contributed by atoms with van der Waals surface area (Å²) in [4.78, 5) is 43.4. The maximum Gasteiger partial charge on any atom is 0.276 e. The van der Waals surface area contributed by atoms with Gasteiger partial charge < -0.3 is 15.5 Å². The third-order valence-electron chi connectivity index (χ3n) is 5.67. The molecule has 9 nitrogen and oxygen atoms in total. The average Bonchev–Trinajstić information content (AvgIpc) is 3.45. The van der Waals surface area contributed by atoms with Gasteiger partial charge in [-0.3, -0.25) is 19.1 Å². The van der Waals surface area contributed by atoms with Crippen LogP contribution in [-0.4, -0.2) is 39.0 Å². The zero-order valence-electron chi connectivity index (χ0n) is 18.6. The van der Waals surface area contributed by atoms with E-state index >= 15 is 0 Å². The van der Waals surface area contributed by atoms with Crippen LogP contribution in [0.15, 0.2) is 66.9 Å². The Morgan fingerprint density at radius 3 is 2.51 bits per heavy atom. The highest BCUT2D eigenvalue weighted by Gasteiger charge is 2.22. The number of anilines is 3. The number of pyridine rings is 1. The SMILES string of the molecule is O=C(Cn1nc(C(=O)Nc2ccc(N3CCCC3=O)cc2)c2ccccc21)Nc1ccc(Cl)cn1. The molecule has 1 aliphatic rings. The topological polar surface area (TPSA) is 109 Å². The molecule has 2 aromatic carbocycles. The molecule has 2 aromatic heterocycles. The van der Waals surface area contributed by atoms with E-state index in [9.17, 15) is 14.4 Å². The third kappa shape index (κ3) is 4.85. The van der Waals surface area contributed by atoms with Crippen LogP contribution in [0.2, 0.25) is 5.02 Å². The highest BCUT2D eigenvalue weighted by molar-refractivity contribution is 6.30. The summed E-state index contributed by atoms with van der Waals surface area (Å²) in [5.41, 5.74) is 2.24. The second-order valence-electron chi connectivity index (χ2n) is 8.08. The van der Waals surface area contributed by atoms with Gasteiger partial charge in [-0.15, -0.1) is 0 Å². The molecule has 1 aliphatic heterocycles. The Morgan fingerprint density at radius 1 is 1.00 bits per heavy atom. The minimum Gasteiger partial charge on any atom is -0.321 e. The van der Waals surface area contributed by atoms with Crippen molar-refractivity contribution in [2.24, 2.45) is 0 Å². The molecule has 4 aromatic rings. The zero-order valence-corrected chi connectivity index (χ0v) is 19.3. The fraction of sp³-hybridized carbons (Fsp3) is 0.160. The van der Waals surface area contributed by atoms with Crippen LogP contribution in [0, 0.1) is 0 Å². The van der Waals surface area contributed by atoms with Gasteiger partial charge in [-0.2, -0.15) is 5.10 Å². The van der Waals surface area contributed by atoms with E-state index in [1.165, 1.54) is 10.9 Å². The molecule has 0 radical (unpaired) electrons. The van der Waals surface area contributed by atoms with E-state index in [2.05, 4.69) is 20.7 Å². The summed E-state index contributed by atoms with van der Waals surface area (Å²) >= 11 is 5.83. The Balaban J connectivity index is 1.33. The van der Waals surface area contributed by atoms with Crippen molar-refractivity contribution >= 4 is 57.4 Å². The summed E-state index contributed by atoms with van der Waals surface area (Å²) in [6, 6.07) is 17.6. The monoisotopic (exact) mass is 488 g/mol. The van der Waals surface area contributed by atoms with Crippen molar-refractivity contribution in [3.8, 4) is 0 Å². The lowest BCUT2D eigenvalue weighted by atomic mass is 10.2. The van der Waals surface area contributed by atoms with Crippen LogP contribution >= 0.6 is 11.6 Å². The van der Waals surface area contributed by atoms with E-state index in [0.29, 0.717) is 40.4 Å². The van der Waals surface area contributed by atoms with Gasteiger partial charge in [0, 0.05) is 35.9 Å². The van der Waals surface area contributed by atoms with Crippen LogP contribution in [0.25, 0.3) is 10.9 Å². The largest absolute Gasteiger partial charge is 0.321 e. The molecular weight excluding hydrogens is 468 g/mol. The second-order valence-corrected chi connectivity index (χ2v) is 8.52. The maximum atomic E-state index is 13.1. The summed E-state index contributed by atoms with van der Waals surface area (Å²) in [5.74, 6) is -0.264. The molecule has 1 saturated heterocycles. The van der Waals surface area contributed by atoms with Gasteiger partial charge in [-0.1, -0.05) is 29.8 Å². The summed E-state index contributed by atoms with van der Waals surface area (Å²) in [7, 11) is 0. The standard InChI is InChI=1S/C25H21ClN6O3/c26-16-7-12-21(27-14-16)29-22(33)15-32-20-5-2-1-4-19(20)24(30-32)25(35)28-17-8-10-18(11-9-17)31-13-3-6-23(31)34/h1-2,4-5,7-12,14H,3,6,13,15H2,(H,28,35)(H,27,29,33). The number of halogens is 1. The first kappa shape index (κ1) is 22.5. The number of nitrogens with zero attached hydrogens (tertiary/aromatic N) is 4. The van der Waals surface area contributed by atoms with Gasteiger partial charge in [0.05, 0.1) is 10.5 Å². The maximum absolute atomic E-state index is 13.1. The Bertz CT molecular complexity index is 1420. The lowest BCUT2D eigenvalue weighted by molar-refractivity contribution is -0.117. The van der Waals surface area contributed by atoms with Gasteiger partial charge in [0.15, 0.2) is 5.69 Å². The summed E-state index contributed by atoms with van der Waals surface area (Å²) < 4.78 is 1.48. The molecule has 176 valence electrons. The van der Waals surface area contributed by atoms with Crippen LogP contribution < -0.4 is 15.5 Å². The molecule has 0 spiro atoms. The van der Waals surface area contributed by atoms with E-state index in [-0.39, 0.29) is 24.1 Å². The van der Waals surface area contributed by atoms with E-state index in [1.807, 2.05) is 24.3 Å². The number of para-hydroxylation sites is 1. The quantitative estimate of drug-likeness (QED) is 0.424. The van der Waals surface area contributed by atoms with Crippen LogP contribution in [0.4, 0.5) is 17.2 Å². The van der Waals surface area contributed by atoms with Crippen LogP contribution in [0.3, 0.4) is 0 Å². The number of aromatic nitrogens is 3. The van der Waals surface area contributed by atoms with Crippen molar-refractivity contribution in [1.82, 2.24) is 14.8 Å². The molecule has 35 heavy (non-hydrogen) atoms. The van der Waals surface area contributed by atoms with Gasteiger partial charge in [-0.25, -0.2) is 4.98 Å². The second kappa shape index (κ2) is 9.55. The van der Waals surface area contributed by atoms with Crippen LogP contribution in [-0.2, 0) is 16.1 Å². The smallest absolute Gasteiger partial charge is 0.276 e. The van der Waals surface area contributed by atoms with Crippen molar-refractivity contribution in [2.75, 3.05) is 22.1 Å². The summed E-state index contributed by atoms with van der Waals surface area (Å²) in [6.45, 7) is 0.603. The summed E-state index contributed by atoms with van der Waals surface area (Å²) in [5, 5.41) is 11.1. The first-order valence-corrected chi connectivity index (χ1v) is 11.4. The Kier molecular flexibility index (Phi) is 6.15. The lowest BCUT2D eigenvalue weighted by Gasteiger charge is -2.16. The molecule has 0 saturated carbocycles. The predicted octanol–water partition coefficient (Wildman–Crippen LogP) is 4.10. The fourth-order valence-electron chi connectivity index (χ4n) is 4.02. The molecule has 0 unspecified atom stereocenters. The molecule has 3 heterocycles. The molecule has 0 aliphatic carbocycles. The average molecular weight is 489 g/mol. The number of hydrogen-bond donors (Lipinski definition) is 2. The van der Waals surface area contributed by atoms with Crippen molar-refractivity contribution in [3.63, 3.8) is 0 Å². The number of fused-ring (bicyclic) bond motifs is 1. The first-order chi connectivity index (χ1) is 17.0. The molecule has 0 bridgehead atoms. The van der Waals surface area contributed by atoms with Gasteiger partial charge in [0.2, 0.25) is 11.8 Å². The Labute approximate surface area is 205 Å². The first-order valence-electron chi connectivity index (χ1n) is 11.1. The van der Waals surface area contributed by atoms with Crippen LogP contribution in [0.5, 0.6) is 0 Å². The van der Waals surface area contributed by atoms with Crippen LogP contribution in [0.1, 0.15) is 23.3 Å². The van der Waals surface area contributed by atoms with E-state index in [1.54, 1.807) is 41.3 Å². The van der Waals surface area contributed by atoms with Crippen molar-refractivity contribution < 1.29 is 14.4 Å². The number of benzene rings is 2. The highest BCUT2D eigenvalue weighted by atomic mass is 35.5. The number of carbonyl (C=O) groups is 3. The molecule has 10 heteroatoms. The Morgan fingerprint density at radius 2 is 1.80 bits per heavy atom. The van der Waals surface area contributed by atoms with Crippen molar-refractivity contribution in [1.29, 1.82) is 0 Å². The van der Waals surface area contributed by atoms with E-state index in [4.69, 9.17) is 11.6 Å². The zero-order chi connectivity index (χ0) is 24.4. The number of carbonyl (C=O) groups excluding carboxylic acids is 3. The number of rotatable bonds is 6. The minimum atomic E-state index is -0.398. The molecule has 0 atom stereocenters. The molecule has 3 amide bonds. The molecule has 2 N–H and O–H groups in total. The summed E-state index contributed by atoms with van der Waals surface area (Å²) in [6.07, 6.45) is 2.85. The number of amides is 3. The number of hydrogen-bond acceptors (Lipinski definition) is 5. The highest BCUT2D eigenvalue weighted by Crippen LogP contribution is 2.24. The van der Waals surface area contributed by atoms with Gasteiger partial charge in [-0.05, 0) is 48.9 Å². The van der Waals surface area contributed by atoms with E-state index in [0.717, 1.165) is 12.1 Å². The predicted molar refractivity (Wildman–Crippen MR) is 134 cm³/mol.